The average Bonchev–Trinajstić information content (AvgIpc) is 1.96. The Kier molecular flexibility index (Phi) is 3.91. The van der Waals surface area contributed by atoms with E-state index in [0.717, 1.165) is 10.2 Å². The molecule has 0 radical (unpaired) electrons. The summed E-state index contributed by atoms with van der Waals surface area (Å²) in [5.41, 5.74) is 0.311. The quantitative estimate of drug-likeness (QED) is 0.860. The van der Waals surface area contributed by atoms with Gasteiger partial charge in [-0.1, -0.05) is 15.9 Å². The maximum absolute atomic E-state index is 11.5. The molecular formula is C11H15BrN2O2. The standard InChI is InChI=1S/C11H15BrN2O2/c1-7-5-8(12)6-9(13-7)14-10(15)16-11(2,3)4/h5-6H,1-4H3,(H,13,14,15). The summed E-state index contributed by atoms with van der Waals surface area (Å²) < 4.78 is 5.98. The third kappa shape index (κ3) is 4.61. The number of anilines is 1. The molecule has 0 aliphatic carbocycles. The molecule has 0 unspecified atom stereocenters. The van der Waals surface area contributed by atoms with Gasteiger partial charge in [-0.3, -0.25) is 5.32 Å². The van der Waals surface area contributed by atoms with Crippen molar-refractivity contribution in [1.29, 1.82) is 0 Å². The molecule has 0 fully saturated rings. The van der Waals surface area contributed by atoms with Crippen LogP contribution in [0.15, 0.2) is 16.6 Å². The molecule has 1 aromatic rings. The van der Waals surface area contributed by atoms with Crippen LogP contribution in [0.3, 0.4) is 0 Å². The van der Waals surface area contributed by atoms with Crippen molar-refractivity contribution in [1.82, 2.24) is 4.98 Å². The third-order valence-electron chi connectivity index (χ3n) is 1.55. The monoisotopic (exact) mass is 286 g/mol. The van der Waals surface area contributed by atoms with Gasteiger partial charge in [0.05, 0.1) is 0 Å². The minimum atomic E-state index is -0.509. The lowest BCUT2D eigenvalue weighted by Crippen LogP contribution is -2.27. The molecule has 0 saturated heterocycles. The maximum atomic E-state index is 11.5. The molecule has 0 aliphatic heterocycles. The molecule has 1 rings (SSSR count). The van der Waals surface area contributed by atoms with Crippen LogP contribution in [0.25, 0.3) is 0 Å². The van der Waals surface area contributed by atoms with Crippen LogP contribution in [-0.2, 0) is 4.74 Å². The highest BCUT2D eigenvalue weighted by Gasteiger charge is 2.16. The lowest BCUT2D eigenvalue weighted by molar-refractivity contribution is 0.0635. The topological polar surface area (TPSA) is 51.2 Å². The summed E-state index contributed by atoms with van der Waals surface area (Å²) in [6.45, 7) is 7.29. The summed E-state index contributed by atoms with van der Waals surface area (Å²) in [6.07, 6.45) is -0.502. The molecule has 1 N–H and O–H groups in total. The third-order valence-corrected chi connectivity index (χ3v) is 2.01. The largest absolute Gasteiger partial charge is 0.444 e. The van der Waals surface area contributed by atoms with Gasteiger partial charge in [-0.25, -0.2) is 9.78 Å². The Labute approximate surface area is 104 Å². The predicted octanol–water partition coefficient (Wildman–Crippen LogP) is 3.50. The Bertz CT molecular complexity index is 379. The number of carbonyl (C=O) groups excluding carboxylic acids is 1. The van der Waals surface area contributed by atoms with Gasteiger partial charge < -0.3 is 4.74 Å². The number of hydrogen-bond donors (Lipinski definition) is 1. The van der Waals surface area contributed by atoms with Gasteiger partial charge in [-0.05, 0) is 39.8 Å². The second kappa shape index (κ2) is 4.82. The minimum absolute atomic E-state index is 0.473. The van der Waals surface area contributed by atoms with Crippen LogP contribution in [0, 0.1) is 6.92 Å². The van der Waals surface area contributed by atoms with Crippen molar-refractivity contribution in [2.45, 2.75) is 33.3 Å². The number of halogens is 1. The van der Waals surface area contributed by atoms with E-state index in [4.69, 9.17) is 4.74 Å². The molecule has 5 heteroatoms. The van der Waals surface area contributed by atoms with E-state index in [2.05, 4.69) is 26.2 Å². The van der Waals surface area contributed by atoms with Gasteiger partial charge in [-0.2, -0.15) is 0 Å². The zero-order valence-corrected chi connectivity index (χ0v) is 11.4. The molecule has 1 aromatic heterocycles. The summed E-state index contributed by atoms with van der Waals surface area (Å²) in [4.78, 5) is 15.6. The Morgan fingerprint density at radius 3 is 2.56 bits per heavy atom. The van der Waals surface area contributed by atoms with Gasteiger partial charge in [0, 0.05) is 10.2 Å². The number of hydrogen-bond acceptors (Lipinski definition) is 3. The van der Waals surface area contributed by atoms with E-state index < -0.39 is 11.7 Å². The smallest absolute Gasteiger partial charge is 0.413 e. The van der Waals surface area contributed by atoms with Crippen molar-refractivity contribution < 1.29 is 9.53 Å². The number of amides is 1. The number of rotatable bonds is 1. The molecule has 0 atom stereocenters. The van der Waals surface area contributed by atoms with E-state index in [0.29, 0.717) is 5.82 Å². The minimum Gasteiger partial charge on any atom is -0.444 e. The molecular weight excluding hydrogens is 272 g/mol. The number of nitrogens with one attached hydrogen (secondary N) is 1. The number of aryl methyl sites for hydroxylation is 1. The molecule has 0 aliphatic rings. The van der Waals surface area contributed by atoms with Gasteiger partial charge in [0.2, 0.25) is 0 Å². The van der Waals surface area contributed by atoms with Crippen LogP contribution in [0.4, 0.5) is 10.6 Å². The van der Waals surface area contributed by atoms with E-state index in [1.807, 2.05) is 33.8 Å². The summed E-state index contributed by atoms with van der Waals surface area (Å²) in [7, 11) is 0. The van der Waals surface area contributed by atoms with Gasteiger partial charge in [0.15, 0.2) is 0 Å². The van der Waals surface area contributed by atoms with Crippen molar-refractivity contribution in [2.24, 2.45) is 0 Å². The van der Waals surface area contributed by atoms with E-state index in [1.54, 1.807) is 6.07 Å². The molecule has 0 aromatic carbocycles. The van der Waals surface area contributed by atoms with Gasteiger partial charge >= 0.3 is 6.09 Å². The summed E-state index contributed by atoms with van der Waals surface area (Å²) in [5.74, 6) is 0.473. The zero-order valence-electron chi connectivity index (χ0n) is 9.80. The summed E-state index contributed by atoms with van der Waals surface area (Å²) in [5, 5.41) is 2.58. The van der Waals surface area contributed by atoms with Crippen LogP contribution >= 0.6 is 15.9 Å². The second-order valence-electron chi connectivity index (χ2n) is 4.44. The van der Waals surface area contributed by atoms with Crippen LogP contribution in [0.5, 0.6) is 0 Å². The first-order chi connectivity index (χ1) is 7.26. The second-order valence-corrected chi connectivity index (χ2v) is 5.35. The molecule has 1 heterocycles. The highest BCUT2D eigenvalue weighted by molar-refractivity contribution is 9.10. The molecule has 0 bridgehead atoms. The van der Waals surface area contributed by atoms with E-state index in [1.165, 1.54) is 0 Å². The Hall–Kier alpha value is -1.10. The van der Waals surface area contributed by atoms with Crippen molar-refractivity contribution in [3.63, 3.8) is 0 Å². The number of carbonyl (C=O) groups is 1. The Balaban J connectivity index is 2.70. The van der Waals surface area contributed by atoms with Crippen molar-refractivity contribution in [2.75, 3.05) is 5.32 Å². The van der Waals surface area contributed by atoms with Crippen molar-refractivity contribution in [3.05, 3.63) is 22.3 Å². The molecule has 0 spiro atoms. The van der Waals surface area contributed by atoms with Gasteiger partial charge in [0.1, 0.15) is 11.4 Å². The van der Waals surface area contributed by atoms with Crippen LogP contribution < -0.4 is 5.32 Å². The summed E-state index contributed by atoms with van der Waals surface area (Å²) in [6, 6.07) is 3.58. The highest BCUT2D eigenvalue weighted by atomic mass is 79.9. The number of nitrogens with zero attached hydrogens (tertiary/aromatic N) is 1. The number of aromatic nitrogens is 1. The summed E-state index contributed by atoms with van der Waals surface area (Å²) >= 11 is 3.33. The fraction of sp³-hybridized carbons (Fsp3) is 0.455. The molecule has 0 saturated carbocycles. The lowest BCUT2D eigenvalue weighted by Gasteiger charge is -2.19. The van der Waals surface area contributed by atoms with Crippen LogP contribution in [0.2, 0.25) is 0 Å². The molecule has 1 amide bonds. The Morgan fingerprint density at radius 1 is 1.44 bits per heavy atom. The normalized spacial score (nSPS) is 11.1. The first-order valence-electron chi connectivity index (χ1n) is 4.90. The first kappa shape index (κ1) is 13.0. The molecule has 88 valence electrons. The fourth-order valence-electron chi connectivity index (χ4n) is 1.10. The SMILES string of the molecule is Cc1cc(Br)cc(NC(=O)OC(C)(C)C)n1. The molecule has 16 heavy (non-hydrogen) atoms. The van der Waals surface area contributed by atoms with Crippen molar-refractivity contribution >= 4 is 27.8 Å². The molecule has 4 nitrogen and oxygen atoms in total. The lowest BCUT2D eigenvalue weighted by atomic mass is 10.2. The van der Waals surface area contributed by atoms with E-state index in [9.17, 15) is 4.79 Å². The number of ether oxygens (including phenoxy) is 1. The first-order valence-corrected chi connectivity index (χ1v) is 5.70. The predicted molar refractivity (Wildman–Crippen MR) is 66.5 cm³/mol. The van der Waals surface area contributed by atoms with Gasteiger partial charge in [0.25, 0.3) is 0 Å². The highest BCUT2D eigenvalue weighted by Crippen LogP contribution is 2.16. The van der Waals surface area contributed by atoms with Crippen LogP contribution in [-0.4, -0.2) is 16.7 Å². The van der Waals surface area contributed by atoms with Crippen molar-refractivity contribution in [3.8, 4) is 0 Å². The van der Waals surface area contributed by atoms with E-state index >= 15 is 0 Å². The fourth-order valence-corrected chi connectivity index (χ4v) is 1.65. The average molecular weight is 287 g/mol. The number of pyridine rings is 1. The van der Waals surface area contributed by atoms with Crippen LogP contribution in [0.1, 0.15) is 26.5 Å². The zero-order chi connectivity index (χ0) is 12.3. The maximum Gasteiger partial charge on any atom is 0.413 e. The van der Waals surface area contributed by atoms with E-state index in [-0.39, 0.29) is 0 Å². The van der Waals surface area contributed by atoms with Gasteiger partial charge in [-0.15, -0.1) is 0 Å². The Morgan fingerprint density at radius 2 is 2.06 bits per heavy atom.